The third-order valence-electron chi connectivity index (χ3n) is 2.86. The highest BCUT2D eigenvalue weighted by molar-refractivity contribution is 7.09. The number of carbonyl (C=O) groups is 1. The van der Waals surface area contributed by atoms with E-state index in [4.69, 9.17) is 4.74 Å². The summed E-state index contributed by atoms with van der Waals surface area (Å²) in [7, 11) is 0. The maximum atomic E-state index is 11.5. The van der Waals surface area contributed by atoms with Gasteiger partial charge in [-0.15, -0.1) is 11.3 Å². The molecule has 0 aliphatic carbocycles. The summed E-state index contributed by atoms with van der Waals surface area (Å²) >= 11 is 1.61. The summed E-state index contributed by atoms with van der Waals surface area (Å²) in [5, 5.41) is 7.43. The van der Waals surface area contributed by atoms with E-state index in [0.717, 1.165) is 16.2 Å². The molecular weight excluding hydrogens is 296 g/mol. The summed E-state index contributed by atoms with van der Waals surface area (Å²) < 4.78 is 5.54. The predicted molar refractivity (Wildman–Crippen MR) is 89.0 cm³/mol. The van der Waals surface area contributed by atoms with Crippen molar-refractivity contribution in [3.05, 3.63) is 52.2 Å². The smallest absolute Gasteiger partial charge is 0.315 e. The summed E-state index contributed by atoms with van der Waals surface area (Å²) in [5.41, 5.74) is 1.08. The van der Waals surface area contributed by atoms with Crippen LogP contribution in [0.5, 0.6) is 5.75 Å². The molecule has 2 N–H and O–H groups in total. The molecule has 0 aliphatic rings. The van der Waals surface area contributed by atoms with Gasteiger partial charge >= 0.3 is 6.03 Å². The molecule has 0 saturated heterocycles. The second-order valence-electron chi connectivity index (χ2n) is 4.52. The summed E-state index contributed by atoms with van der Waals surface area (Å²) in [6.07, 6.45) is 0. The molecule has 1 aromatic heterocycles. The number of rotatable bonds is 5. The van der Waals surface area contributed by atoms with Crippen molar-refractivity contribution in [2.75, 3.05) is 13.2 Å². The molecule has 2 amide bonds. The molecule has 22 heavy (non-hydrogen) atoms. The van der Waals surface area contributed by atoms with Crippen LogP contribution in [0, 0.1) is 18.8 Å². The summed E-state index contributed by atoms with van der Waals surface area (Å²) in [5.74, 6) is 6.56. The molecule has 2 aromatic rings. The number of aryl methyl sites for hydroxylation is 1. The van der Waals surface area contributed by atoms with Crippen LogP contribution in [0.1, 0.15) is 10.4 Å². The Hall–Kier alpha value is -2.45. The van der Waals surface area contributed by atoms with E-state index >= 15 is 0 Å². The Morgan fingerprint density at radius 2 is 2.05 bits per heavy atom. The molecule has 2 rings (SSSR count). The molecule has 0 spiro atoms. The van der Waals surface area contributed by atoms with Gasteiger partial charge in [0.2, 0.25) is 0 Å². The summed E-state index contributed by atoms with van der Waals surface area (Å²) in [6.45, 7) is 3.13. The fourth-order valence-electron chi connectivity index (χ4n) is 1.71. The van der Waals surface area contributed by atoms with E-state index < -0.39 is 0 Å². The number of amides is 2. The first-order chi connectivity index (χ1) is 10.8. The maximum Gasteiger partial charge on any atom is 0.315 e. The zero-order valence-electron chi connectivity index (χ0n) is 12.4. The van der Waals surface area contributed by atoms with Crippen LogP contribution in [-0.2, 0) is 6.54 Å². The van der Waals surface area contributed by atoms with Gasteiger partial charge in [-0.1, -0.05) is 36.1 Å². The molecule has 1 aromatic carbocycles. The monoisotopic (exact) mass is 314 g/mol. The van der Waals surface area contributed by atoms with Crippen molar-refractivity contribution in [2.45, 2.75) is 13.5 Å². The molecule has 0 fully saturated rings. The number of carbonyl (C=O) groups excluding carboxylic acids is 1. The van der Waals surface area contributed by atoms with Gasteiger partial charge in [-0.25, -0.2) is 4.79 Å². The second kappa shape index (κ2) is 8.75. The lowest BCUT2D eigenvalue weighted by molar-refractivity contribution is 0.242. The maximum absolute atomic E-state index is 11.5. The lowest BCUT2D eigenvalue weighted by atomic mass is 10.2. The standard InChI is InChI=1S/C17H18N2O2S/c1-14-7-2-3-9-16(14)21-11-5-4-10-18-17(20)19-13-15-8-6-12-22-15/h2-3,6-9,12H,10-11,13H2,1H3,(H2,18,19,20). The lowest BCUT2D eigenvalue weighted by Gasteiger charge is -2.05. The van der Waals surface area contributed by atoms with Gasteiger partial charge in [0.05, 0.1) is 13.1 Å². The Kier molecular flexibility index (Phi) is 6.34. The number of para-hydroxylation sites is 1. The molecule has 0 aliphatic heterocycles. The van der Waals surface area contributed by atoms with Gasteiger partial charge in [-0.3, -0.25) is 0 Å². The zero-order valence-corrected chi connectivity index (χ0v) is 13.2. The summed E-state index contributed by atoms with van der Waals surface area (Å²) in [6, 6.07) is 11.5. The van der Waals surface area contributed by atoms with Gasteiger partial charge in [-0.05, 0) is 30.0 Å². The van der Waals surface area contributed by atoms with Gasteiger partial charge in [0.1, 0.15) is 12.4 Å². The van der Waals surface area contributed by atoms with E-state index in [1.807, 2.05) is 48.7 Å². The van der Waals surface area contributed by atoms with Crippen LogP contribution in [0.25, 0.3) is 0 Å². The third-order valence-corrected chi connectivity index (χ3v) is 3.74. The van der Waals surface area contributed by atoms with E-state index in [0.29, 0.717) is 19.7 Å². The van der Waals surface area contributed by atoms with Gasteiger partial charge in [0.25, 0.3) is 0 Å². The summed E-state index contributed by atoms with van der Waals surface area (Å²) in [4.78, 5) is 12.6. The third kappa shape index (κ3) is 5.51. The van der Waals surface area contributed by atoms with Crippen LogP contribution in [0.3, 0.4) is 0 Å². The first-order valence-electron chi connectivity index (χ1n) is 6.94. The molecule has 114 valence electrons. The van der Waals surface area contributed by atoms with E-state index in [1.165, 1.54) is 0 Å². The highest BCUT2D eigenvalue weighted by atomic mass is 32.1. The Morgan fingerprint density at radius 1 is 1.18 bits per heavy atom. The quantitative estimate of drug-likeness (QED) is 0.834. The Balaban J connectivity index is 1.60. The normalized spacial score (nSPS) is 9.50. The molecular formula is C17H18N2O2S. The van der Waals surface area contributed by atoms with Crippen molar-refractivity contribution in [1.29, 1.82) is 0 Å². The Bertz CT molecular complexity index is 657. The van der Waals surface area contributed by atoms with Crippen molar-refractivity contribution in [2.24, 2.45) is 0 Å². The van der Waals surface area contributed by atoms with Crippen LogP contribution in [-0.4, -0.2) is 19.2 Å². The molecule has 0 saturated carbocycles. The average Bonchev–Trinajstić information content (AvgIpc) is 3.04. The van der Waals surface area contributed by atoms with Gasteiger partial charge in [-0.2, -0.15) is 0 Å². The Labute approximate surface area is 134 Å². The van der Waals surface area contributed by atoms with Crippen molar-refractivity contribution in [1.82, 2.24) is 10.6 Å². The first-order valence-corrected chi connectivity index (χ1v) is 7.82. The molecule has 0 radical (unpaired) electrons. The number of ether oxygens (including phenoxy) is 1. The van der Waals surface area contributed by atoms with Gasteiger partial charge < -0.3 is 15.4 Å². The van der Waals surface area contributed by atoms with Crippen LogP contribution < -0.4 is 15.4 Å². The van der Waals surface area contributed by atoms with E-state index in [1.54, 1.807) is 11.3 Å². The highest BCUT2D eigenvalue weighted by Gasteiger charge is 1.98. The number of nitrogens with one attached hydrogen (secondary N) is 2. The van der Waals surface area contributed by atoms with Gasteiger partial charge in [0.15, 0.2) is 0 Å². The van der Waals surface area contributed by atoms with Crippen molar-refractivity contribution < 1.29 is 9.53 Å². The van der Waals surface area contributed by atoms with Crippen LogP contribution in [0.4, 0.5) is 4.79 Å². The Morgan fingerprint density at radius 3 is 2.82 bits per heavy atom. The topological polar surface area (TPSA) is 50.4 Å². The van der Waals surface area contributed by atoms with Crippen LogP contribution >= 0.6 is 11.3 Å². The number of hydrogen-bond acceptors (Lipinski definition) is 3. The molecule has 0 bridgehead atoms. The van der Waals surface area contributed by atoms with E-state index in [-0.39, 0.29) is 6.03 Å². The van der Waals surface area contributed by atoms with Crippen LogP contribution in [0.2, 0.25) is 0 Å². The SMILES string of the molecule is Cc1ccccc1OCC#CCNC(=O)NCc1cccs1. The molecule has 0 atom stereocenters. The number of hydrogen-bond donors (Lipinski definition) is 2. The fraction of sp³-hybridized carbons (Fsp3) is 0.235. The van der Waals surface area contributed by atoms with Crippen molar-refractivity contribution in [3.63, 3.8) is 0 Å². The van der Waals surface area contributed by atoms with E-state index in [9.17, 15) is 4.79 Å². The highest BCUT2D eigenvalue weighted by Crippen LogP contribution is 2.15. The molecule has 0 unspecified atom stereocenters. The fourth-order valence-corrected chi connectivity index (χ4v) is 2.36. The minimum absolute atomic E-state index is 0.220. The number of benzene rings is 1. The molecule has 1 heterocycles. The minimum Gasteiger partial charge on any atom is -0.481 e. The number of urea groups is 1. The largest absolute Gasteiger partial charge is 0.481 e. The molecule has 4 nitrogen and oxygen atoms in total. The number of thiophene rings is 1. The predicted octanol–water partition coefficient (Wildman–Crippen LogP) is 2.94. The zero-order chi connectivity index (χ0) is 15.6. The van der Waals surface area contributed by atoms with Crippen molar-refractivity contribution in [3.8, 4) is 17.6 Å². The lowest BCUT2D eigenvalue weighted by Crippen LogP contribution is -2.35. The molecule has 5 heteroatoms. The average molecular weight is 314 g/mol. The van der Waals surface area contributed by atoms with E-state index in [2.05, 4.69) is 22.5 Å². The van der Waals surface area contributed by atoms with Gasteiger partial charge in [0, 0.05) is 4.88 Å². The van der Waals surface area contributed by atoms with Crippen LogP contribution in [0.15, 0.2) is 41.8 Å². The second-order valence-corrected chi connectivity index (χ2v) is 5.56. The van der Waals surface area contributed by atoms with Crippen molar-refractivity contribution >= 4 is 17.4 Å². The minimum atomic E-state index is -0.220. The first kappa shape index (κ1) is 15.9.